The zero-order chi connectivity index (χ0) is 21.6. The highest BCUT2D eigenvalue weighted by Gasteiger charge is 2.43. The molecule has 0 saturated heterocycles. The topological polar surface area (TPSA) is 124 Å². The van der Waals surface area contributed by atoms with E-state index in [0.717, 1.165) is 19.3 Å². The minimum atomic E-state index is -1.47. The average molecular weight is 415 g/mol. The van der Waals surface area contributed by atoms with Crippen molar-refractivity contribution in [2.24, 2.45) is 5.92 Å². The summed E-state index contributed by atoms with van der Waals surface area (Å²) in [5.41, 5.74) is -0.307. The van der Waals surface area contributed by atoms with Crippen LogP contribution >= 0.6 is 0 Å². The molecule has 0 radical (unpaired) electrons. The number of hydrogen-bond acceptors (Lipinski definition) is 6. The van der Waals surface area contributed by atoms with E-state index in [1.54, 1.807) is 0 Å². The van der Waals surface area contributed by atoms with Gasteiger partial charge in [-0.25, -0.2) is 4.79 Å². The standard InChI is InChI=1S/C22H38O7/c1-2-3-4-5-6-7-8-9-10-11-12-13-14-16(21(26)27)18-19(25)20(17(24)15-23)29-22(18)28/h16-17,20,23-25H,2-15H2,1H3,(H,26,27)/t16?,17-,20+/m0/s1. The van der Waals surface area contributed by atoms with Crippen molar-refractivity contribution in [2.75, 3.05) is 6.61 Å². The van der Waals surface area contributed by atoms with Crippen molar-refractivity contribution in [1.29, 1.82) is 0 Å². The lowest BCUT2D eigenvalue weighted by Gasteiger charge is -2.14. The van der Waals surface area contributed by atoms with Crippen molar-refractivity contribution in [2.45, 2.75) is 103 Å². The first kappa shape index (κ1) is 25.4. The van der Waals surface area contributed by atoms with Crippen LogP contribution in [0, 0.1) is 5.92 Å². The highest BCUT2D eigenvalue weighted by atomic mass is 16.6. The van der Waals surface area contributed by atoms with Gasteiger partial charge in [0.2, 0.25) is 0 Å². The molecule has 0 aromatic rings. The van der Waals surface area contributed by atoms with E-state index in [4.69, 9.17) is 9.84 Å². The van der Waals surface area contributed by atoms with E-state index in [9.17, 15) is 24.9 Å². The lowest BCUT2D eigenvalue weighted by atomic mass is 9.91. The van der Waals surface area contributed by atoms with Gasteiger partial charge < -0.3 is 25.2 Å². The van der Waals surface area contributed by atoms with Gasteiger partial charge in [-0.2, -0.15) is 0 Å². The first-order valence-electron chi connectivity index (χ1n) is 11.1. The molecular formula is C22H38O7. The molecule has 1 rings (SSSR count). The van der Waals surface area contributed by atoms with Gasteiger partial charge in [0.05, 0.1) is 18.1 Å². The van der Waals surface area contributed by atoms with Crippen molar-refractivity contribution >= 4 is 11.9 Å². The minimum Gasteiger partial charge on any atom is -0.508 e. The van der Waals surface area contributed by atoms with Gasteiger partial charge in [0.15, 0.2) is 6.10 Å². The summed E-state index contributed by atoms with van der Waals surface area (Å²) in [5, 5.41) is 38.2. The zero-order valence-corrected chi connectivity index (χ0v) is 17.6. The van der Waals surface area contributed by atoms with Crippen LogP contribution in [0.1, 0.15) is 90.4 Å². The third kappa shape index (κ3) is 8.74. The summed E-state index contributed by atoms with van der Waals surface area (Å²) in [7, 11) is 0. The van der Waals surface area contributed by atoms with Gasteiger partial charge in [0.1, 0.15) is 11.9 Å². The number of carbonyl (C=O) groups is 2. The van der Waals surface area contributed by atoms with E-state index in [-0.39, 0.29) is 12.0 Å². The van der Waals surface area contributed by atoms with Crippen LogP contribution < -0.4 is 0 Å². The summed E-state index contributed by atoms with van der Waals surface area (Å²) in [6, 6.07) is 0. The van der Waals surface area contributed by atoms with E-state index in [1.807, 2.05) is 0 Å². The van der Waals surface area contributed by atoms with E-state index in [1.165, 1.54) is 51.4 Å². The average Bonchev–Trinajstić information content (AvgIpc) is 2.99. The maximum absolute atomic E-state index is 12.0. The third-order valence-electron chi connectivity index (χ3n) is 5.53. The second kappa shape index (κ2) is 14.4. The van der Waals surface area contributed by atoms with Gasteiger partial charge in [-0.1, -0.05) is 84.0 Å². The van der Waals surface area contributed by atoms with Crippen LogP contribution in [0.5, 0.6) is 0 Å². The smallest absolute Gasteiger partial charge is 0.339 e. The SMILES string of the molecule is CCCCCCCCCCCCCCC(C(=O)O)C1=C(O)[C@@H]([C@@H](O)CO)OC1=O. The minimum absolute atomic E-state index is 0.225. The molecule has 4 N–H and O–H groups in total. The Bertz CT molecular complexity index is 529. The van der Waals surface area contributed by atoms with E-state index >= 15 is 0 Å². The lowest BCUT2D eigenvalue weighted by Crippen LogP contribution is -2.31. The predicted molar refractivity (Wildman–Crippen MR) is 109 cm³/mol. The number of rotatable bonds is 17. The van der Waals surface area contributed by atoms with Crippen LogP contribution in [0.15, 0.2) is 11.3 Å². The predicted octanol–water partition coefficient (Wildman–Crippen LogP) is 3.87. The Morgan fingerprint density at radius 2 is 1.45 bits per heavy atom. The van der Waals surface area contributed by atoms with Crippen LogP contribution in [0.25, 0.3) is 0 Å². The van der Waals surface area contributed by atoms with Gasteiger partial charge in [0, 0.05) is 0 Å². The number of ether oxygens (including phenoxy) is 1. The second-order valence-corrected chi connectivity index (χ2v) is 7.94. The van der Waals surface area contributed by atoms with Crippen LogP contribution in [0.2, 0.25) is 0 Å². The number of cyclic esters (lactones) is 1. The first-order chi connectivity index (χ1) is 13.9. The van der Waals surface area contributed by atoms with Crippen molar-refractivity contribution in [3.05, 3.63) is 11.3 Å². The molecule has 7 nitrogen and oxygen atoms in total. The molecule has 0 saturated carbocycles. The molecule has 7 heteroatoms. The van der Waals surface area contributed by atoms with Crippen molar-refractivity contribution in [3.63, 3.8) is 0 Å². The molecule has 3 atom stereocenters. The summed E-state index contributed by atoms with van der Waals surface area (Å²) < 4.78 is 4.85. The first-order valence-corrected chi connectivity index (χ1v) is 11.1. The third-order valence-corrected chi connectivity index (χ3v) is 5.53. The molecule has 0 aromatic heterocycles. The fraction of sp³-hybridized carbons (Fsp3) is 0.818. The van der Waals surface area contributed by atoms with Crippen LogP contribution in [-0.4, -0.2) is 51.2 Å². The van der Waals surface area contributed by atoms with E-state index in [2.05, 4.69) is 6.92 Å². The van der Waals surface area contributed by atoms with E-state index < -0.39 is 42.4 Å². The Kier molecular flexibility index (Phi) is 12.6. The molecule has 0 amide bonds. The Balaban J connectivity index is 2.30. The Morgan fingerprint density at radius 1 is 0.966 bits per heavy atom. The highest BCUT2D eigenvalue weighted by molar-refractivity contribution is 5.97. The van der Waals surface area contributed by atoms with Gasteiger partial charge in [0.25, 0.3) is 0 Å². The molecular weight excluding hydrogens is 376 g/mol. The summed E-state index contributed by atoms with van der Waals surface area (Å²) in [4.78, 5) is 23.6. The Hall–Kier alpha value is -1.60. The molecule has 1 unspecified atom stereocenters. The van der Waals surface area contributed by atoms with Crippen LogP contribution in [-0.2, 0) is 14.3 Å². The number of aliphatic hydroxyl groups excluding tert-OH is 3. The van der Waals surface area contributed by atoms with Gasteiger partial charge in [-0.05, 0) is 6.42 Å². The largest absolute Gasteiger partial charge is 0.508 e. The zero-order valence-electron chi connectivity index (χ0n) is 17.6. The number of unbranched alkanes of at least 4 members (excludes halogenated alkanes) is 11. The van der Waals surface area contributed by atoms with Crippen LogP contribution in [0.3, 0.4) is 0 Å². The second-order valence-electron chi connectivity index (χ2n) is 7.94. The van der Waals surface area contributed by atoms with Gasteiger partial charge >= 0.3 is 11.9 Å². The highest BCUT2D eigenvalue weighted by Crippen LogP contribution is 2.31. The van der Waals surface area contributed by atoms with E-state index in [0.29, 0.717) is 6.42 Å². The molecule has 1 heterocycles. The maximum atomic E-state index is 12.0. The maximum Gasteiger partial charge on any atom is 0.339 e. The number of aliphatic hydroxyl groups is 3. The summed E-state index contributed by atoms with van der Waals surface area (Å²) in [6.45, 7) is 1.52. The molecule has 1 aliphatic rings. The number of esters is 1. The fourth-order valence-electron chi connectivity index (χ4n) is 3.75. The van der Waals surface area contributed by atoms with Gasteiger partial charge in [-0.15, -0.1) is 0 Å². The molecule has 0 fully saturated rings. The number of carboxylic acids is 1. The molecule has 0 spiro atoms. The number of carbonyl (C=O) groups excluding carboxylic acids is 1. The lowest BCUT2D eigenvalue weighted by molar-refractivity contribution is -0.149. The molecule has 0 aliphatic carbocycles. The molecule has 29 heavy (non-hydrogen) atoms. The van der Waals surface area contributed by atoms with Gasteiger partial charge in [-0.3, -0.25) is 4.79 Å². The quantitative estimate of drug-likeness (QED) is 0.210. The number of hydrogen-bond donors (Lipinski definition) is 4. The Morgan fingerprint density at radius 3 is 1.90 bits per heavy atom. The molecule has 168 valence electrons. The summed E-state index contributed by atoms with van der Waals surface area (Å²) in [6.07, 6.45) is 11.3. The normalized spacial score (nSPS) is 18.7. The number of aliphatic carboxylic acids is 1. The monoisotopic (exact) mass is 414 g/mol. The molecule has 1 aliphatic heterocycles. The van der Waals surface area contributed by atoms with Crippen molar-refractivity contribution in [3.8, 4) is 0 Å². The van der Waals surface area contributed by atoms with Crippen molar-refractivity contribution in [1.82, 2.24) is 0 Å². The Labute approximate surface area is 173 Å². The fourth-order valence-corrected chi connectivity index (χ4v) is 3.75. The van der Waals surface area contributed by atoms with Crippen molar-refractivity contribution < 1.29 is 34.8 Å². The number of carboxylic acid groups (broad SMARTS) is 1. The molecule has 0 aromatic carbocycles. The summed E-state index contributed by atoms with van der Waals surface area (Å²) in [5.74, 6) is -3.89. The molecule has 0 bridgehead atoms. The summed E-state index contributed by atoms with van der Waals surface area (Å²) >= 11 is 0. The van der Waals surface area contributed by atoms with Crippen LogP contribution in [0.4, 0.5) is 0 Å².